The predicted octanol–water partition coefficient (Wildman–Crippen LogP) is 3.47. The van der Waals surface area contributed by atoms with Gasteiger partial charge < -0.3 is 10.2 Å². The van der Waals surface area contributed by atoms with Crippen molar-refractivity contribution in [2.75, 3.05) is 30.9 Å². The second-order valence-corrected chi connectivity index (χ2v) is 4.91. The van der Waals surface area contributed by atoms with Crippen molar-refractivity contribution in [2.24, 2.45) is 0 Å². The van der Waals surface area contributed by atoms with E-state index in [-0.39, 0.29) is 5.92 Å². The first-order valence-corrected chi connectivity index (χ1v) is 6.66. The van der Waals surface area contributed by atoms with E-state index in [2.05, 4.69) is 28.4 Å². The van der Waals surface area contributed by atoms with Gasteiger partial charge in [-0.3, -0.25) is 0 Å². The largest absolute Gasteiger partial charge is 0.383 e. The Morgan fingerprint density at radius 2 is 1.70 bits per heavy atom. The lowest BCUT2D eigenvalue weighted by Gasteiger charge is -2.15. The highest BCUT2D eigenvalue weighted by atomic mass is 15.1. The van der Waals surface area contributed by atoms with Gasteiger partial charge in [0.15, 0.2) is 0 Å². The van der Waals surface area contributed by atoms with Gasteiger partial charge in [-0.2, -0.15) is 5.26 Å². The zero-order valence-corrected chi connectivity index (χ0v) is 11.9. The summed E-state index contributed by atoms with van der Waals surface area (Å²) in [6.07, 6.45) is 0. The highest BCUT2D eigenvalue weighted by molar-refractivity contribution is 5.54. The van der Waals surface area contributed by atoms with Gasteiger partial charge in [-0.05, 0) is 29.8 Å². The second-order valence-electron chi connectivity index (χ2n) is 4.91. The fourth-order valence-corrected chi connectivity index (χ4v) is 2.02. The Kier molecular flexibility index (Phi) is 4.62. The summed E-state index contributed by atoms with van der Waals surface area (Å²) in [5.74, 6) is -0.135. The summed E-state index contributed by atoms with van der Waals surface area (Å²) in [7, 11) is 4.03. The lowest BCUT2D eigenvalue weighted by Crippen LogP contribution is -2.12. The van der Waals surface area contributed by atoms with E-state index in [1.807, 2.05) is 56.6 Å². The average molecular weight is 265 g/mol. The Morgan fingerprint density at radius 3 is 2.25 bits per heavy atom. The molecule has 102 valence electrons. The van der Waals surface area contributed by atoms with Crippen LogP contribution in [0.25, 0.3) is 0 Å². The van der Waals surface area contributed by atoms with E-state index >= 15 is 0 Å². The van der Waals surface area contributed by atoms with Crippen LogP contribution in [0.1, 0.15) is 11.5 Å². The molecule has 0 radical (unpaired) electrons. The minimum atomic E-state index is -0.135. The first-order valence-electron chi connectivity index (χ1n) is 6.66. The lowest BCUT2D eigenvalue weighted by molar-refractivity contribution is 0.901. The third-order valence-electron chi connectivity index (χ3n) is 3.25. The number of hydrogen-bond donors (Lipinski definition) is 1. The molecule has 3 nitrogen and oxygen atoms in total. The van der Waals surface area contributed by atoms with Crippen LogP contribution in [0.15, 0.2) is 54.6 Å². The van der Waals surface area contributed by atoms with E-state index < -0.39 is 0 Å². The van der Waals surface area contributed by atoms with Crippen molar-refractivity contribution in [3.63, 3.8) is 0 Å². The molecule has 0 fully saturated rings. The van der Waals surface area contributed by atoms with Crippen molar-refractivity contribution in [1.29, 1.82) is 5.26 Å². The average Bonchev–Trinajstić information content (AvgIpc) is 2.49. The topological polar surface area (TPSA) is 39.1 Å². The smallest absolute Gasteiger partial charge is 0.0885 e. The summed E-state index contributed by atoms with van der Waals surface area (Å²) < 4.78 is 0. The van der Waals surface area contributed by atoms with Gasteiger partial charge in [0.2, 0.25) is 0 Å². The van der Waals surface area contributed by atoms with Crippen molar-refractivity contribution in [3.05, 3.63) is 60.2 Å². The highest BCUT2D eigenvalue weighted by Crippen LogP contribution is 2.18. The Labute approximate surface area is 120 Å². The maximum Gasteiger partial charge on any atom is 0.0885 e. The monoisotopic (exact) mass is 265 g/mol. The minimum absolute atomic E-state index is 0.135. The Morgan fingerprint density at radius 1 is 1.05 bits per heavy atom. The van der Waals surface area contributed by atoms with Crippen LogP contribution < -0.4 is 10.2 Å². The van der Waals surface area contributed by atoms with Gasteiger partial charge in [0.25, 0.3) is 0 Å². The molecule has 0 saturated heterocycles. The molecule has 0 saturated carbocycles. The van der Waals surface area contributed by atoms with Crippen molar-refractivity contribution in [3.8, 4) is 6.07 Å². The molecular formula is C17H19N3. The van der Waals surface area contributed by atoms with E-state index in [0.717, 1.165) is 16.9 Å². The summed E-state index contributed by atoms with van der Waals surface area (Å²) in [6, 6.07) is 20.4. The molecule has 3 heteroatoms. The number of hydrogen-bond acceptors (Lipinski definition) is 3. The van der Waals surface area contributed by atoms with Crippen LogP contribution in [0.3, 0.4) is 0 Å². The van der Waals surface area contributed by atoms with Crippen molar-refractivity contribution >= 4 is 11.4 Å². The van der Waals surface area contributed by atoms with Crippen LogP contribution in [0.4, 0.5) is 11.4 Å². The first kappa shape index (κ1) is 14.0. The van der Waals surface area contributed by atoms with Crippen LogP contribution in [0, 0.1) is 11.3 Å². The number of nitrogens with one attached hydrogen (secondary N) is 1. The molecule has 2 aromatic rings. The third kappa shape index (κ3) is 3.52. The van der Waals surface area contributed by atoms with Gasteiger partial charge in [-0.1, -0.05) is 30.3 Å². The van der Waals surface area contributed by atoms with E-state index in [1.165, 1.54) is 0 Å². The molecule has 2 rings (SSSR count). The summed E-state index contributed by atoms with van der Waals surface area (Å²) in [4.78, 5) is 2.06. The quantitative estimate of drug-likeness (QED) is 0.899. The van der Waals surface area contributed by atoms with Crippen LogP contribution in [0.5, 0.6) is 0 Å². The van der Waals surface area contributed by atoms with Crippen molar-refractivity contribution in [2.45, 2.75) is 5.92 Å². The standard InChI is InChI=1S/C17H19N3/c1-20(2)17-10-8-16(9-11-17)19-13-15(12-18)14-6-4-3-5-7-14/h3-11,15,19H,13H2,1-2H3. The van der Waals surface area contributed by atoms with E-state index in [4.69, 9.17) is 0 Å². The zero-order valence-electron chi connectivity index (χ0n) is 11.9. The molecule has 0 heterocycles. The zero-order chi connectivity index (χ0) is 14.4. The van der Waals surface area contributed by atoms with Gasteiger partial charge in [0.1, 0.15) is 0 Å². The number of rotatable bonds is 5. The Balaban J connectivity index is 1.99. The molecule has 0 bridgehead atoms. The van der Waals surface area contributed by atoms with Crippen molar-refractivity contribution in [1.82, 2.24) is 0 Å². The van der Waals surface area contributed by atoms with E-state index in [1.54, 1.807) is 0 Å². The maximum atomic E-state index is 9.28. The molecule has 0 amide bonds. The third-order valence-corrected chi connectivity index (χ3v) is 3.25. The second kappa shape index (κ2) is 6.63. The molecule has 1 N–H and O–H groups in total. The number of nitriles is 1. The van der Waals surface area contributed by atoms with Gasteiger partial charge >= 0.3 is 0 Å². The number of anilines is 2. The Hall–Kier alpha value is -2.47. The van der Waals surface area contributed by atoms with E-state index in [0.29, 0.717) is 6.54 Å². The Bertz CT molecular complexity index is 567. The van der Waals surface area contributed by atoms with Crippen LogP contribution in [0.2, 0.25) is 0 Å². The molecule has 1 unspecified atom stereocenters. The van der Waals surface area contributed by atoms with Gasteiger partial charge in [-0.25, -0.2) is 0 Å². The minimum Gasteiger partial charge on any atom is -0.383 e. The van der Waals surface area contributed by atoms with Crippen LogP contribution >= 0.6 is 0 Å². The normalized spacial score (nSPS) is 11.4. The summed E-state index contributed by atoms with van der Waals surface area (Å²) in [5.41, 5.74) is 3.25. The molecule has 0 spiro atoms. The molecule has 0 aromatic heterocycles. The van der Waals surface area contributed by atoms with Gasteiger partial charge in [-0.15, -0.1) is 0 Å². The molecular weight excluding hydrogens is 246 g/mol. The fraction of sp³-hybridized carbons (Fsp3) is 0.235. The van der Waals surface area contributed by atoms with Crippen molar-refractivity contribution < 1.29 is 0 Å². The lowest BCUT2D eigenvalue weighted by atomic mass is 10.0. The predicted molar refractivity (Wildman–Crippen MR) is 84.1 cm³/mol. The summed E-state index contributed by atoms with van der Waals surface area (Å²) in [6.45, 7) is 0.613. The number of nitrogens with zero attached hydrogens (tertiary/aromatic N) is 2. The molecule has 0 aliphatic carbocycles. The van der Waals surface area contributed by atoms with Crippen LogP contribution in [-0.2, 0) is 0 Å². The summed E-state index contributed by atoms with van der Waals surface area (Å²) in [5, 5.41) is 12.6. The fourth-order valence-electron chi connectivity index (χ4n) is 2.02. The summed E-state index contributed by atoms with van der Waals surface area (Å²) >= 11 is 0. The first-order chi connectivity index (χ1) is 9.70. The van der Waals surface area contributed by atoms with Gasteiger partial charge in [0, 0.05) is 32.0 Å². The molecule has 0 aliphatic heterocycles. The molecule has 20 heavy (non-hydrogen) atoms. The molecule has 1 atom stereocenters. The number of benzene rings is 2. The SMILES string of the molecule is CN(C)c1ccc(NCC(C#N)c2ccccc2)cc1. The van der Waals surface area contributed by atoms with Gasteiger partial charge in [0.05, 0.1) is 12.0 Å². The van der Waals surface area contributed by atoms with E-state index in [9.17, 15) is 5.26 Å². The molecule has 2 aromatic carbocycles. The highest BCUT2D eigenvalue weighted by Gasteiger charge is 2.09. The molecule has 0 aliphatic rings. The maximum absolute atomic E-state index is 9.28. The van der Waals surface area contributed by atoms with Crippen LogP contribution in [-0.4, -0.2) is 20.6 Å².